The van der Waals surface area contributed by atoms with Gasteiger partial charge in [0.1, 0.15) is 7.34 Å². The largest absolute Gasteiger partial charge is 0.352 e. The van der Waals surface area contributed by atoms with Crippen molar-refractivity contribution in [2.24, 2.45) is 0 Å². The molecule has 1 aromatic rings. The highest BCUT2D eigenvalue weighted by atomic mass is 32.2. The SMILES string of the molecule is C=P(O)(O)C1CCCN1S(=O)(=O)Cc1ccc(C)cc1. The highest BCUT2D eigenvalue weighted by Gasteiger charge is 2.39. The van der Waals surface area contributed by atoms with Crippen LogP contribution in [0, 0.1) is 6.92 Å². The zero-order valence-corrected chi connectivity index (χ0v) is 13.1. The molecule has 20 heavy (non-hydrogen) atoms. The van der Waals surface area contributed by atoms with Gasteiger partial charge in [-0.15, -0.1) is 0 Å². The summed E-state index contributed by atoms with van der Waals surface area (Å²) < 4.78 is 26.1. The second kappa shape index (κ2) is 5.62. The van der Waals surface area contributed by atoms with Gasteiger partial charge in [-0.25, -0.2) is 8.42 Å². The van der Waals surface area contributed by atoms with Crippen molar-refractivity contribution in [1.29, 1.82) is 0 Å². The minimum atomic E-state index is -3.56. The first-order chi connectivity index (χ1) is 9.20. The van der Waals surface area contributed by atoms with Gasteiger partial charge in [0.2, 0.25) is 10.0 Å². The van der Waals surface area contributed by atoms with Crippen LogP contribution in [0.4, 0.5) is 0 Å². The Morgan fingerprint density at radius 3 is 2.50 bits per heavy atom. The van der Waals surface area contributed by atoms with Crippen molar-refractivity contribution in [3.8, 4) is 0 Å². The van der Waals surface area contributed by atoms with Crippen LogP contribution in [0.2, 0.25) is 0 Å². The average Bonchev–Trinajstić information content (AvgIpc) is 2.81. The van der Waals surface area contributed by atoms with Gasteiger partial charge in [0.15, 0.2) is 0 Å². The van der Waals surface area contributed by atoms with E-state index < -0.39 is 23.1 Å². The highest BCUT2D eigenvalue weighted by Crippen LogP contribution is 2.48. The molecule has 0 radical (unpaired) electrons. The van der Waals surface area contributed by atoms with Gasteiger partial charge >= 0.3 is 0 Å². The molecule has 1 fully saturated rings. The van der Waals surface area contributed by atoms with Crippen molar-refractivity contribution in [3.05, 3.63) is 35.4 Å². The summed E-state index contributed by atoms with van der Waals surface area (Å²) >= 11 is 0. The Bertz CT molecular complexity index is 620. The number of rotatable bonds is 4. The van der Waals surface area contributed by atoms with E-state index in [4.69, 9.17) is 0 Å². The summed E-state index contributed by atoms with van der Waals surface area (Å²) in [5.41, 5.74) is 1.77. The monoisotopic (exact) mass is 317 g/mol. The lowest BCUT2D eigenvalue weighted by Crippen LogP contribution is -2.36. The molecule has 0 bridgehead atoms. The van der Waals surface area contributed by atoms with E-state index in [2.05, 4.69) is 6.30 Å². The number of hydrogen-bond acceptors (Lipinski definition) is 4. The summed E-state index contributed by atoms with van der Waals surface area (Å²) in [6.45, 7) is 2.27. The van der Waals surface area contributed by atoms with Crippen molar-refractivity contribution in [3.63, 3.8) is 0 Å². The molecule has 7 heteroatoms. The van der Waals surface area contributed by atoms with Crippen molar-refractivity contribution >= 4 is 23.7 Å². The topological polar surface area (TPSA) is 77.8 Å². The van der Waals surface area contributed by atoms with Crippen LogP contribution in [0.15, 0.2) is 24.3 Å². The van der Waals surface area contributed by atoms with Gasteiger partial charge in [0.05, 0.1) is 11.5 Å². The molecule has 5 nitrogen and oxygen atoms in total. The van der Waals surface area contributed by atoms with E-state index in [0.717, 1.165) is 5.56 Å². The lowest BCUT2D eigenvalue weighted by molar-refractivity contribution is 0.390. The standard InChI is InChI=1S/C13H20NO4PS/c1-11-5-7-12(8-6-11)10-20(17,18)14-9-3-4-13(14)19(2,15)16/h5-8,13,15-16H,2-4,9-10H2,1H3. The summed E-state index contributed by atoms with van der Waals surface area (Å²) in [6, 6.07) is 7.29. The fourth-order valence-electron chi connectivity index (χ4n) is 2.44. The van der Waals surface area contributed by atoms with Gasteiger partial charge in [-0.1, -0.05) is 36.1 Å². The van der Waals surface area contributed by atoms with Crippen LogP contribution in [0.1, 0.15) is 24.0 Å². The van der Waals surface area contributed by atoms with Gasteiger partial charge in [0, 0.05) is 6.54 Å². The summed E-state index contributed by atoms with van der Waals surface area (Å²) in [5, 5.41) is 0. The Morgan fingerprint density at radius 2 is 1.95 bits per heavy atom. The number of aryl methyl sites for hydroxylation is 1. The molecule has 1 heterocycles. The number of hydrogen-bond donors (Lipinski definition) is 2. The minimum Gasteiger partial charge on any atom is -0.352 e. The fraction of sp³-hybridized carbons (Fsp3) is 0.462. The Hall–Kier alpha value is -0.650. The Kier molecular flexibility index (Phi) is 4.42. The smallest absolute Gasteiger partial charge is 0.219 e. The van der Waals surface area contributed by atoms with E-state index in [1.807, 2.05) is 19.1 Å². The van der Waals surface area contributed by atoms with Crippen LogP contribution in [0.5, 0.6) is 0 Å². The molecule has 0 aromatic heterocycles. The maximum Gasteiger partial charge on any atom is 0.219 e. The third-order valence-corrected chi connectivity index (χ3v) is 6.98. The molecule has 112 valence electrons. The van der Waals surface area contributed by atoms with Gasteiger partial charge in [-0.05, 0) is 25.3 Å². The molecule has 0 saturated carbocycles. The van der Waals surface area contributed by atoms with E-state index in [1.54, 1.807) is 12.1 Å². The van der Waals surface area contributed by atoms with Crippen LogP contribution < -0.4 is 0 Å². The summed E-state index contributed by atoms with van der Waals surface area (Å²) in [7, 11) is -6.99. The van der Waals surface area contributed by atoms with Crippen molar-refractivity contribution in [1.82, 2.24) is 4.31 Å². The molecule has 1 aliphatic rings. The molecule has 0 spiro atoms. The molecular weight excluding hydrogens is 297 g/mol. The predicted molar refractivity (Wildman–Crippen MR) is 82.0 cm³/mol. The van der Waals surface area contributed by atoms with E-state index in [-0.39, 0.29) is 5.75 Å². The van der Waals surface area contributed by atoms with Crippen molar-refractivity contribution in [2.45, 2.75) is 31.3 Å². The molecule has 1 aliphatic heterocycles. The lowest BCUT2D eigenvalue weighted by atomic mass is 10.2. The zero-order chi connectivity index (χ0) is 15.0. The number of benzene rings is 1. The van der Waals surface area contributed by atoms with E-state index in [9.17, 15) is 18.2 Å². The quantitative estimate of drug-likeness (QED) is 0.825. The van der Waals surface area contributed by atoms with Crippen LogP contribution in [0.3, 0.4) is 0 Å². The minimum absolute atomic E-state index is 0.121. The Balaban J connectivity index is 2.22. The van der Waals surface area contributed by atoms with E-state index in [1.165, 1.54) is 4.31 Å². The highest BCUT2D eigenvalue weighted by molar-refractivity contribution is 7.88. The van der Waals surface area contributed by atoms with E-state index >= 15 is 0 Å². The number of sulfonamides is 1. The molecule has 1 atom stereocenters. The second-order valence-corrected chi connectivity index (χ2v) is 9.35. The predicted octanol–water partition coefficient (Wildman–Crippen LogP) is 1.51. The molecule has 0 aliphatic carbocycles. The molecule has 0 amide bonds. The van der Waals surface area contributed by atoms with Crippen molar-refractivity contribution in [2.75, 3.05) is 6.54 Å². The van der Waals surface area contributed by atoms with Gasteiger partial charge in [0.25, 0.3) is 0 Å². The van der Waals surface area contributed by atoms with Gasteiger partial charge in [-0.3, -0.25) is 0 Å². The Labute approximate surface area is 120 Å². The van der Waals surface area contributed by atoms with Crippen molar-refractivity contribution < 1.29 is 18.2 Å². The number of nitrogens with zero attached hydrogens (tertiary/aromatic N) is 1. The molecular formula is C13H20NO4PS. The molecule has 1 saturated heterocycles. The summed E-state index contributed by atoms with van der Waals surface area (Å²) in [5.74, 6) is -0.887. The summed E-state index contributed by atoms with van der Waals surface area (Å²) in [4.78, 5) is 19.4. The first kappa shape index (κ1) is 15.7. The van der Waals surface area contributed by atoms with Crippen LogP contribution >= 0.6 is 7.34 Å². The third kappa shape index (κ3) is 3.51. The second-order valence-electron chi connectivity index (χ2n) is 5.26. The molecule has 1 aromatic carbocycles. The van der Waals surface area contributed by atoms with E-state index in [0.29, 0.717) is 24.9 Å². The lowest BCUT2D eigenvalue weighted by Gasteiger charge is -2.28. The first-order valence-electron chi connectivity index (χ1n) is 6.44. The summed E-state index contributed by atoms with van der Waals surface area (Å²) in [6.07, 6.45) is 4.44. The van der Waals surface area contributed by atoms with Gasteiger partial charge in [-0.2, -0.15) is 4.31 Å². The normalized spacial score (nSPS) is 21.2. The molecule has 2 N–H and O–H groups in total. The molecule has 2 rings (SSSR count). The third-order valence-electron chi connectivity index (χ3n) is 3.48. The van der Waals surface area contributed by atoms with Gasteiger partial charge < -0.3 is 9.79 Å². The first-order valence-corrected chi connectivity index (χ1v) is 9.99. The Morgan fingerprint density at radius 1 is 1.35 bits per heavy atom. The zero-order valence-electron chi connectivity index (χ0n) is 11.4. The van der Waals surface area contributed by atoms with Crippen LogP contribution in [-0.2, 0) is 15.8 Å². The van der Waals surface area contributed by atoms with Crippen LogP contribution in [0.25, 0.3) is 0 Å². The molecule has 1 unspecified atom stereocenters. The maximum atomic E-state index is 12.4. The maximum absolute atomic E-state index is 12.4. The van der Waals surface area contributed by atoms with Crippen LogP contribution in [-0.4, -0.2) is 41.1 Å². The fourth-order valence-corrected chi connectivity index (χ4v) is 6.11. The average molecular weight is 317 g/mol.